The van der Waals surface area contributed by atoms with E-state index in [1.807, 2.05) is 0 Å². The van der Waals surface area contributed by atoms with Crippen molar-refractivity contribution in [3.05, 3.63) is 29.3 Å². The van der Waals surface area contributed by atoms with Crippen molar-refractivity contribution in [1.82, 2.24) is 9.62 Å². The number of nitrogens with zero attached hydrogens (tertiary/aromatic N) is 1. The third-order valence-corrected chi connectivity index (χ3v) is 5.65. The Labute approximate surface area is 132 Å². The Morgan fingerprint density at radius 3 is 2.90 bits per heavy atom. The van der Waals surface area contributed by atoms with Gasteiger partial charge in [0.15, 0.2) is 0 Å². The number of hydrogen-bond donors (Lipinski definition) is 1. The van der Waals surface area contributed by atoms with E-state index in [9.17, 15) is 8.42 Å². The Balaban J connectivity index is 1.80. The van der Waals surface area contributed by atoms with Gasteiger partial charge >= 0.3 is 0 Å². The van der Waals surface area contributed by atoms with E-state index in [1.165, 1.54) is 25.3 Å². The fourth-order valence-corrected chi connectivity index (χ4v) is 4.07. The molecule has 1 fully saturated rings. The summed E-state index contributed by atoms with van der Waals surface area (Å²) in [5, 5.41) is 0.431. The Kier molecular flexibility index (Phi) is 6.05. The molecule has 1 N–H and O–H groups in total. The zero-order valence-corrected chi connectivity index (χ0v) is 14.0. The smallest absolute Gasteiger partial charge is 0.240 e. The maximum atomic E-state index is 12.1. The van der Waals surface area contributed by atoms with E-state index >= 15 is 0 Å². The Bertz CT molecular complexity index is 563. The van der Waals surface area contributed by atoms with E-state index in [0.717, 1.165) is 19.5 Å². The lowest BCUT2D eigenvalue weighted by Crippen LogP contribution is -2.39. The average Bonchev–Trinajstić information content (AvgIpc) is 2.45. The van der Waals surface area contributed by atoms with Gasteiger partial charge in [-0.05, 0) is 57.5 Å². The maximum absolute atomic E-state index is 12.1. The van der Waals surface area contributed by atoms with Crippen LogP contribution in [-0.2, 0) is 10.0 Å². The molecule has 1 aliphatic heterocycles. The normalized spacial score (nSPS) is 20.6. The van der Waals surface area contributed by atoms with Crippen LogP contribution in [0, 0.1) is 0 Å². The van der Waals surface area contributed by atoms with Gasteiger partial charge in [-0.25, -0.2) is 13.1 Å². The molecule has 0 aliphatic carbocycles. The van der Waals surface area contributed by atoms with Crippen LogP contribution in [-0.4, -0.2) is 39.0 Å². The van der Waals surface area contributed by atoms with Crippen molar-refractivity contribution >= 4 is 21.6 Å². The second-order valence-electron chi connectivity index (χ2n) is 5.59. The maximum Gasteiger partial charge on any atom is 0.240 e. The lowest BCUT2D eigenvalue weighted by Gasteiger charge is -2.33. The zero-order chi connectivity index (χ0) is 15.3. The summed E-state index contributed by atoms with van der Waals surface area (Å²) < 4.78 is 26.9. The number of piperidine rings is 1. The first-order valence-corrected chi connectivity index (χ1v) is 9.34. The number of nitrogens with one attached hydrogen (secondary N) is 1. The molecule has 1 aromatic rings. The molecule has 0 amide bonds. The van der Waals surface area contributed by atoms with E-state index in [0.29, 0.717) is 17.6 Å². The molecular formula is C15H23ClN2O2S. The minimum atomic E-state index is -3.45. The van der Waals surface area contributed by atoms with Crippen LogP contribution in [0.25, 0.3) is 0 Å². The van der Waals surface area contributed by atoms with Crippen LogP contribution in [0.15, 0.2) is 29.2 Å². The summed E-state index contributed by atoms with van der Waals surface area (Å²) in [6, 6.07) is 6.95. The predicted molar refractivity (Wildman–Crippen MR) is 86.1 cm³/mol. The highest BCUT2D eigenvalue weighted by atomic mass is 35.5. The largest absolute Gasteiger partial charge is 0.301 e. The molecule has 0 aromatic heterocycles. The van der Waals surface area contributed by atoms with Gasteiger partial charge in [-0.2, -0.15) is 0 Å². The number of halogens is 1. The van der Waals surface area contributed by atoms with E-state index < -0.39 is 10.0 Å². The number of benzene rings is 1. The molecule has 1 aliphatic rings. The van der Waals surface area contributed by atoms with Crippen molar-refractivity contribution in [3.8, 4) is 0 Å². The van der Waals surface area contributed by atoms with Gasteiger partial charge in [0, 0.05) is 17.6 Å². The molecule has 4 nitrogen and oxygen atoms in total. The van der Waals surface area contributed by atoms with Crippen molar-refractivity contribution in [2.24, 2.45) is 0 Å². The second kappa shape index (κ2) is 7.58. The third kappa shape index (κ3) is 4.95. The predicted octanol–water partition coefficient (Wildman–Crippen LogP) is 2.88. The van der Waals surface area contributed by atoms with Crippen LogP contribution < -0.4 is 4.72 Å². The molecule has 1 aromatic carbocycles. The minimum Gasteiger partial charge on any atom is -0.301 e. The zero-order valence-electron chi connectivity index (χ0n) is 12.4. The van der Waals surface area contributed by atoms with Crippen LogP contribution in [0.5, 0.6) is 0 Å². The van der Waals surface area contributed by atoms with Gasteiger partial charge in [-0.15, -0.1) is 0 Å². The molecule has 1 saturated heterocycles. The molecule has 21 heavy (non-hydrogen) atoms. The number of hydrogen-bond acceptors (Lipinski definition) is 3. The van der Waals surface area contributed by atoms with Crippen molar-refractivity contribution in [2.45, 2.75) is 43.5 Å². The summed E-state index contributed by atoms with van der Waals surface area (Å²) in [6.45, 7) is 4.77. The molecule has 0 radical (unpaired) electrons. The molecule has 6 heteroatoms. The van der Waals surface area contributed by atoms with E-state index in [4.69, 9.17) is 11.6 Å². The standard InChI is InChI=1S/C15H23ClN2O2S/c1-13-6-2-3-10-18(13)11-5-9-17-21(19,20)15-8-4-7-14(16)12-15/h4,7-8,12-13,17H,2-3,5-6,9-11H2,1H3. The van der Waals surface area contributed by atoms with Crippen molar-refractivity contribution in [2.75, 3.05) is 19.6 Å². The second-order valence-corrected chi connectivity index (χ2v) is 7.79. The lowest BCUT2D eigenvalue weighted by atomic mass is 10.0. The van der Waals surface area contributed by atoms with Crippen molar-refractivity contribution < 1.29 is 8.42 Å². The van der Waals surface area contributed by atoms with Crippen LogP contribution in [0.2, 0.25) is 5.02 Å². The first-order valence-electron chi connectivity index (χ1n) is 7.48. The van der Waals surface area contributed by atoms with Gasteiger partial charge in [0.1, 0.15) is 0 Å². The summed E-state index contributed by atoms with van der Waals surface area (Å²) in [4.78, 5) is 2.67. The van der Waals surface area contributed by atoms with Gasteiger partial charge < -0.3 is 4.90 Å². The number of likely N-dealkylation sites (tertiary alicyclic amines) is 1. The molecule has 0 bridgehead atoms. The summed E-state index contributed by atoms with van der Waals surface area (Å²) >= 11 is 5.83. The van der Waals surface area contributed by atoms with Gasteiger partial charge in [0.2, 0.25) is 10.0 Å². The monoisotopic (exact) mass is 330 g/mol. The average molecular weight is 331 g/mol. The third-order valence-electron chi connectivity index (χ3n) is 3.96. The van der Waals surface area contributed by atoms with Crippen LogP contribution in [0.3, 0.4) is 0 Å². The molecule has 1 atom stereocenters. The summed E-state index contributed by atoms with van der Waals surface area (Å²) in [7, 11) is -3.45. The van der Waals surface area contributed by atoms with Gasteiger partial charge in [-0.1, -0.05) is 24.1 Å². The van der Waals surface area contributed by atoms with Crippen LogP contribution >= 0.6 is 11.6 Å². The number of sulfonamides is 1. The first kappa shape index (κ1) is 16.7. The Hall–Kier alpha value is -0.620. The number of rotatable bonds is 6. The van der Waals surface area contributed by atoms with E-state index in [2.05, 4.69) is 16.5 Å². The summed E-state index contributed by atoms with van der Waals surface area (Å²) in [6.07, 6.45) is 4.62. The molecule has 2 rings (SSSR count). The van der Waals surface area contributed by atoms with Crippen molar-refractivity contribution in [1.29, 1.82) is 0 Å². The topological polar surface area (TPSA) is 49.4 Å². The van der Waals surface area contributed by atoms with Crippen LogP contribution in [0.1, 0.15) is 32.6 Å². The molecular weight excluding hydrogens is 308 g/mol. The van der Waals surface area contributed by atoms with Crippen LogP contribution in [0.4, 0.5) is 0 Å². The Morgan fingerprint density at radius 1 is 1.38 bits per heavy atom. The first-order chi connectivity index (χ1) is 9.99. The fourth-order valence-electron chi connectivity index (χ4n) is 2.70. The van der Waals surface area contributed by atoms with Gasteiger partial charge in [-0.3, -0.25) is 0 Å². The van der Waals surface area contributed by atoms with E-state index in [-0.39, 0.29) is 4.90 Å². The highest BCUT2D eigenvalue weighted by Crippen LogP contribution is 2.17. The summed E-state index contributed by atoms with van der Waals surface area (Å²) in [5.74, 6) is 0. The molecule has 0 spiro atoms. The minimum absolute atomic E-state index is 0.223. The molecule has 1 heterocycles. The SMILES string of the molecule is CC1CCCCN1CCCNS(=O)(=O)c1cccc(Cl)c1. The van der Waals surface area contributed by atoms with Crippen molar-refractivity contribution in [3.63, 3.8) is 0 Å². The van der Waals surface area contributed by atoms with E-state index in [1.54, 1.807) is 18.2 Å². The molecule has 118 valence electrons. The Morgan fingerprint density at radius 2 is 2.19 bits per heavy atom. The quantitative estimate of drug-likeness (QED) is 0.816. The molecule has 1 unspecified atom stereocenters. The fraction of sp³-hybridized carbons (Fsp3) is 0.600. The lowest BCUT2D eigenvalue weighted by molar-refractivity contribution is 0.159. The highest BCUT2D eigenvalue weighted by molar-refractivity contribution is 7.89. The van der Waals surface area contributed by atoms with Gasteiger partial charge in [0.05, 0.1) is 4.90 Å². The van der Waals surface area contributed by atoms with Gasteiger partial charge in [0.25, 0.3) is 0 Å². The highest BCUT2D eigenvalue weighted by Gasteiger charge is 2.18. The summed E-state index contributed by atoms with van der Waals surface area (Å²) in [5.41, 5.74) is 0. The molecule has 0 saturated carbocycles.